The molecule has 3 rings (SSSR count). The zero-order valence-electron chi connectivity index (χ0n) is 14.6. The fourth-order valence-electron chi connectivity index (χ4n) is 2.39. The number of halogens is 4. The molecule has 0 unspecified atom stereocenters. The number of carboxylic acid groups (broad SMARTS) is 1. The Kier molecular flexibility index (Phi) is 6.83. The fraction of sp³-hybridized carbons (Fsp3) is 0.167. The molecule has 2 aromatic carbocycles. The Bertz CT molecular complexity index is 960. The lowest BCUT2D eigenvalue weighted by Crippen LogP contribution is -2.32. The van der Waals surface area contributed by atoms with Crippen molar-refractivity contribution in [3.8, 4) is 28.6 Å². The minimum absolute atomic E-state index is 0. The van der Waals surface area contributed by atoms with Crippen LogP contribution in [-0.2, 0) is 11.2 Å². The van der Waals surface area contributed by atoms with Crippen molar-refractivity contribution in [2.75, 3.05) is 0 Å². The summed E-state index contributed by atoms with van der Waals surface area (Å²) in [4.78, 5) is 15.0. The molecular formula is C18H15ClF3N3O4. The van der Waals surface area contributed by atoms with Crippen LogP contribution >= 0.6 is 12.4 Å². The van der Waals surface area contributed by atoms with Gasteiger partial charge < -0.3 is 20.1 Å². The van der Waals surface area contributed by atoms with Crippen LogP contribution < -0.4 is 10.5 Å². The minimum Gasteiger partial charge on any atom is -0.480 e. The van der Waals surface area contributed by atoms with Crippen LogP contribution in [0.1, 0.15) is 5.56 Å². The lowest BCUT2D eigenvalue weighted by atomic mass is 10.0. The minimum atomic E-state index is -4.76. The lowest BCUT2D eigenvalue weighted by molar-refractivity contribution is -0.274. The summed E-state index contributed by atoms with van der Waals surface area (Å²) < 4.78 is 45.5. The summed E-state index contributed by atoms with van der Waals surface area (Å²) >= 11 is 0. The first-order valence-electron chi connectivity index (χ1n) is 7.99. The van der Waals surface area contributed by atoms with E-state index in [0.29, 0.717) is 11.1 Å². The van der Waals surface area contributed by atoms with Gasteiger partial charge in [-0.05, 0) is 36.2 Å². The van der Waals surface area contributed by atoms with Gasteiger partial charge in [-0.2, -0.15) is 4.98 Å². The second-order valence-corrected chi connectivity index (χ2v) is 5.84. The predicted octanol–water partition coefficient (Wildman–Crippen LogP) is 3.68. The molecule has 0 bridgehead atoms. The normalized spacial score (nSPS) is 12.1. The molecular weight excluding hydrogens is 415 g/mol. The van der Waals surface area contributed by atoms with E-state index in [1.807, 2.05) is 0 Å². The van der Waals surface area contributed by atoms with Gasteiger partial charge >= 0.3 is 12.3 Å². The van der Waals surface area contributed by atoms with Crippen LogP contribution in [0.3, 0.4) is 0 Å². The van der Waals surface area contributed by atoms with Crippen molar-refractivity contribution < 1.29 is 32.3 Å². The van der Waals surface area contributed by atoms with Crippen LogP contribution in [0.25, 0.3) is 22.8 Å². The van der Waals surface area contributed by atoms with E-state index in [4.69, 9.17) is 15.4 Å². The van der Waals surface area contributed by atoms with E-state index in [0.717, 1.165) is 17.7 Å². The van der Waals surface area contributed by atoms with Crippen LogP contribution in [0.2, 0.25) is 0 Å². The topological polar surface area (TPSA) is 111 Å². The third-order valence-electron chi connectivity index (χ3n) is 3.75. The number of hydrogen-bond acceptors (Lipinski definition) is 6. The van der Waals surface area contributed by atoms with E-state index in [1.54, 1.807) is 24.3 Å². The third-order valence-corrected chi connectivity index (χ3v) is 3.75. The maximum Gasteiger partial charge on any atom is 0.573 e. The molecule has 0 saturated carbocycles. The van der Waals surface area contributed by atoms with E-state index in [9.17, 15) is 18.0 Å². The molecule has 0 saturated heterocycles. The van der Waals surface area contributed by atoms with Gasteiger partial charge in [0, 0.05) is 11.1 Å². The van der Waals surface area contributed by atoms with Gasteiger partial charge in [0.2, 0.25) is 5.82 Å². The molecule has 0 radical (unpaired) electrons. The number of nitrogens with two attached hydrogens (primary N) is 1. The monoisotopic (exact) mass is 429 g/mol. The van der Waals surface area contributed by atoms with E-state index < -0.39 is 18.4 Å². The first-order valence-corrected chi connectivity index (χ1v) is 7.99. The molecule has 0 aliphatic heterocycles. The van der Waals surface area contributed by atoms with Gasteiger partial charge in [0.15, 0.2) is 0 Å². The highest BCUT2D eigenvalue weighted by Crippen LogP contribution is 2.27. The van der Waals surface area contributed by atoms with Gasteiger partial charge in [0.1, 0.15) is 11.8 Å². The number of aromatic nitrogens is 2. The first kappa shape index (κ1) is 22.2. The Balaban J connectivity index is 0.00000300. The molecule has 0 aliphatic carbocycles. The smallest absolute Gasteiger partial charge is 0.480 e. The highest BCUT2D eigenvalue weighted by atomic mass is 35.5. The summed E-state index contributed by atoms with van der Waals surface area (Å²) in [6, 6.07) is 10.8. The zero-order chi connectivity index (χ0) is 20.3. The Labute approximate surface area is 168 Å². The maximum atomic E-state index is 12.2. The average Bonchev–Trinajstić information content (AvgIpc) is 3.11. The number of aliphatic carboxylic acids is 1. The van der Waals surface area contributed by atoms with Crippen molar-refractivity contribution in [2.45, 2.75) is 18.8 Å². The molecule has 1 aromatic heterocycles. The van der Waals surface area contributed by atoms with Crippen LogP contribution in [0.5, 0.6) is 5.75 Å². The van der Waals surface area contributed by atoms with Crippen LogP contribution in [-0.4, -0.2) is 33.6 Å². The van der Waals surface area contributed by atoms with E-state index in [2.05, 4.69) is 14.9 Å². The Morgan fingerprint density at radius 3 is 2.24 bits per heavy atom. The van der Waals surface area contributed by atoms with Gasteiger partial charge in [0.05, 0.1) is 0 Å². The molecule has 3 aromatic rings. The summed E-state index contributed by atoms with van der Waals surface area (Å²) in [5.74, 6) is -1.03. The molecule has 0 spiro atoms. The number of benzene rings is 2. The molecule has 7 nitrogen and oxygen atoms in total. The summed E-state index contributed by atoms with van der Waals surface area (Å²) in [5.41, 5.74) is 7.29. The van der Waals surface area contributed by atoms with Gasteiger partial charge in [-0.25, -0.2) is 0 Å². The number of ether oxygens (including phenoxy) is 1. The molecule has 1 heterocycles. The maximum absolute atomic E-state index is 12.2. The summed E-state index contributed by atoms with van der Waals surface area (Å²) in [5, 5.41) is 12.7. The molecule has 3 N–H and O–H groups in total. The van der Waals surface area contributed by atoms with Crippen LogP contribution in [0.15, 0.2) is 53.1 Å². The number of rotatable bonds is 6. The van der Waals surface area contributed by atoms with Crippen molar-refractivity contribution in [3.63, 3.8) is 0 Å². The molecule has 0 aliphatic rings. The van der Waals surface area contributed by atoms with Crippen molar-refractivity contribution in [3.05, 3.63) is 54.1 Å². The Morgan fingerprint density at radius 2 is 1.69 bits per heavy atom. The zero-order valence-corrected chi connectivity index (χ0v) is 15.4. The quantitative estimate of drug-likeness (QED) is 0.614. The molecule has 11 heteroatoms. The second-order valence-electron chi connectivity index (χ2n) is 5.84. The number of nitrogens with zero attached hydrogens (tertiary/aromatic N) is 2. The van der Waals surface area contributed by atoms with E-state index in [1.165, 1.54) is 12.1 Å². The molecule has 0 fully saturated rings. The summed E-state index contributed by atoms with van der Waals surface area (Å²) in [6.45, 7) is 0. The van der Waals surface area contributed by atoms with Crippen molar-refractivity contribution in [2.24, 2.45) is 5.73 Å². The van der Waals surface area contributed by atoms with Crippen molar-refractivity contribution in [1.82, 2.24) is 10.1 Å². The Morgan fingerprint density at radius 1 is 1.10 bits per heavy atom. The van der Waals surface area contributed by atoms with Gasteiger partial charge in [-0.3, -0.25) is 4.79 Å². The number of carbonyl (C=O) groups is 1. The highest BCUT2D eigenvalue weighted by Gasteiger charge is 2.31. The first-order chi connectivity index (χ1) is 13.2. The van der Waals surface area contributed by atoms with E-state index >= 15 is 0 Å². The number of hydrogen-bond donors (Lipinski definition) is 2. The second kappa shape index (κ2) is 8.93. The standard InChI is InChI=1S/C18H14F3N3O4.ClH/c19-18(20,21)27-13-7-5-12(6-8-13)16-23-15(24-28-16)11-3-1-10(2-4-11)9-14(22)17(25)26;/h1-8,14H,9,22H2,(H,25,26);1H/t14-;/m0./s1. The van der Waals surface area contributed by atoms with Gasteiger partial charge in [-0.1, -0.05) is 29.4 Å². The molecule has 1 atom stereocenters. The molecule has 154 valence electrons. The van der Waals surface area contributed by atoms with Crippen LogP contribution in [0.4, 0.5) is 13.2 Å². The summed E-state index contributed by atoms with van der Waals surface area (Å²) in [7, 11) is 0. The summed E-state index contributed by atoms with van der Waals surface area (Å²) in [6.07, 6.45) is -4.58. The predicted molar refractivity (Wildman–Crippen MR) is 98.4 cm³/mol. The lowest BCUT2D eigenvalue weighted by Gasteiger charge is -2.08. The molecule has 0 amide bonds. The highest BCUT2D eigenvalue weighted by molar-refractivity contribution is 5.85. The van der Waals surface area contributed by atoms with Gasteiger partial charge in [0.25, 0.3) is 5.89 Å². The Hall–Kier alpha value is -3.11. The van der Waals surface area contributed by atoms with E-state index in [-0.39, 0.29) is 36.3 Å². The average molecular weight is 430 g/mol. The van der Waals surface area contributed by atoms with Crippen LogP contribution in [0, 0.1) is 0 Å². The fourth-order valence-corrected chi connectivity index (χ4v) is 2.39. The third kappa shape index (κ3) is 5.93. The SMILES string of the molecule is Cl.N[C@@H](Cc1ccc(-c2noc(-c3ccc(OC(F)(F)F)cc3)n2)cc1)C(=O)O. The number of alkyl halides is 3. The van der Waals surface area contributed by atoms with Crippen molar-refractivity contribution >= 4 is 18.4 Å². The largest absolute Gasteiger partial charge is 0.573 e. The van der Waals surface area contributed by atoms with Crippen molar-refractivity contribution in [1.29, 1.82) is 0 Å². The van der Waals surface area contributed by atoms with Gasteiger partial charge in [-0.15, -0.1) is 25.6 Å². The molecule has 29 heavy (non-hydrogen) atoms. The number of carboxylic acids is 1.